The molecule has 0 radical (unpaired) electrons. The zero-order valence-electron chi connectivity index (χ0n) is 17.3. The highest BCUT2D eigenvalue weighted by Crippen LogP contribution is 2.14. The van der Waals surface area contributed by atoms with E-state index in [0.29, 0.717) is 23.1 Å². The Labute approximate surface area is 169 Å². The Kier molecular flexibility index (Phi) is 11.1. The number of halogens is 1. The zero-order valence-corrected chi connectivity index (χ0v) is 18.1. The normalized spacial score (nSPS) is 13.1. The van der Waals surface area contributed by atoms with Crippen LogP contribution in [0.25, 0.3) is 0 Å². The summed E-state index contributed by atoms with van der Waals surface area (Å²) >= 11 is 6.12. The van der Waals surface area contributed by atoms with E-state index in [-0.39, 0.29) is 18.0 Å². The maximum absolute atomic E-state index is 12.5. The molecule has 6 heteroatoms. The van der Waals surface area contributed by atoms with Crippen LogP contribution in [0.4, 0.5) is 0 Å². The summed E-state index contributed by atoms with van der Waals surface area (Å²) in [6.45, 7) is 14.5. The van der Waals surface area contributed by atoms with Gasteiger partial charge in [-0.2, -0.15) is 0 Å². The third kappa shape index (κ3) is 9.25. The minimum atomic E-state index is -0.303. The number of aliphatic imine (C=N–C) groups is 1. The van der Waals surface area contributed by atoms with Crippen molar-refractivity contribution in [2.24, 2.45) is 10.9 Å². The predicted octanol–water partition coefficient (Wildman–Crippen LogP) is 3.19. The van der Waals surface area contributed by atoms with Gasteiger partial charge in [0.25, 0.3) is 11.9 Å². The van der Waals surface area contributed by atoms with Crippen molar-refractivity contribution in [3.05, 3.63) is 34.9 Å². The van der Waals surface area contributed by atoms with E-state index in [1.807, 2.05) is 0 Å². The average Bonchev–Trinajstić information content (AvgIpc) is 2.63. The first-order valence-corrected chi connectivity index (χ1v) is 10.3. The molecule has 152 valence electrons. The first-order valence-electron chi connectivity index (χ1n) is 9.97. The Morgan fingerprint density at radius 2 is 1.89 bits per heavy atom. The van der Waals surface area contributed by atoms with Gasteiger partial charge in [0.15, 0.2) is 0 Å². The lowest BCUT2D eigenvalue weighted by molar-refractivity contribution is -0.896. The Bertz CT molecular complexity index is 601. The van der Waals surface area contributed by atoms with E-state index in [4.69, 9.17) is 16.3 Å². The molecule has 0 bridgehead atoms. The second-order valence-corrected chi connectivity index (χ2v) is 7.68. The van der Waals surface area contributed by atoms with Crippen LogP contribution in [-0.4, -0.2) is 44.2 Å². The summed E-state index contributed by atoms with van der Waals surface area (Å²) < 4.78 is 5.75. The summed E-state index contributed by atoms with van der Waals surface area (Å²) in [5.41, 5.74) is 0.415. The number of hydrogen-bond donors (Lipinski definition) is 2. The smallest absolute Gasteiger partial charge is 0.291 e. The van der Waals surface area contributed by atoms with Crippen molar-refractivity contribution in [1.82, 2.24) is 5.32 Å². The molecule has 2 N–H and O–H groups in total. The molecule has 1 atom stereocenters. The number of hydrogen-bond acceptors (Lipinski definition) is 3. The zero-order chi connectivity index (χ0) is 20.2. The molecule has 0 unspecified atom stereocenters. The van der Waals surface area contributed by atoms with Gasteiger partial charge in [0.05, 0.1) is 42.9 Å². The Hall–Kier alpha value is -1.59. The van der Waals surface area contributed by atoms with E-state index in [1.165, 1.54) is 0 Å². The van der Waals surface area contributed by atoms with Crippen LogP contribution in [0.3, 0.4) is 0 Å². The van der Waals surface area contributed by atoms with Crippen molar-refractivity contribution < 1.29 is 14.4 Å². The van der Waals surface area contributed by atoms with Crippen molar-refractivity contribution >= 4 is 23.5 Å². The van der Waals surface area contributed by atoms with Gasteiger partial charge < -0.3 is 9.64 Å². The third-order valence-electron chi connectivity index (χ3n) is 4.38. The summed E-state index contributed by atoms with van der Waals surface area (Å²) in [7, 11) is 0. The minimum absolute atomic E-state index is 0.0775. The fourth-order valence-electron chi connectivity index (χ4n) is 2.68. The number of quaternary nitrogens is 1. The molecule has 0 spiro atoms. The highest BCUT2D eigenvalue weighted by molar-refractivity contribution is 6.34. The number of rotatable bonds is 10. The van der Waals surface area contributed by atoms with Crippen LogP contribution in [0.1, 0.15) is 57.8 Å². The Morgan fingerprint density at radius 3 is 2.48 bits per heavy atom. The van der Waals surface area contributed by atoms with Gasteiger partial charge in [0, 0.05) is 0 Å². The van der Waals surface area contributed by atoms with Gasteiger partial charge in [-0.05, 0) is 51.7 Å². The van der Waals surface area contributed by atoms with Crippen molar-refractivity contribution in [2.45, 2.75) is 53.5 Å². The number of nitrogens with one attached hydrogen (secondary N) is 2. The number of carbonyl (C=O) groups is 1. The molecule has 0 saturated carbocycles. The van der Waals surface area contributed by atoms with E-state index in [1.54, 1.807) is 29.2 Å². The number of nitrogens with zero attached hydrogens (tertiary/aromatic N) is 1. The molecule has 0 saturated heterocycles. The van der Waals surface area contributed by atoms with E-state index in [0.717, 1.165) is 32.5 Å². The third-order valence-corrected chi connectivity index (χ3v) is 4.71. The van der Waals surface area contributed by atoms with Crippen molar-refractivity contribution in [1.29, 1.82) is 0 Å². The lowest BCUT2D eigenvalue weighted by atomic mass is 10.2. The van der Waals surface area contributed by atoms with E-state index >= 15 is 0 Å². The summed E-state index contributed by atoms with van der Waals surface area (Å²) in [5, 5.41) is 3.19. The van der Waals surface area contributed by atoms with Crippen LogP contribution in [0.5, 0.6) is 0 Å². The van der Waals surface area contributed by atoms with Gasteiger partial charge in [0.2, 0.25) is 0 Å². The second kappa shape index (κ2) is 12.7. The predicted molar refractivity (Wildman–Crippen MR) is 113 cm³/mol. The molecule has 0 aliphatic carbocycles. The number of benzene rings is 1. The number of amides is 1. The van der Waals surface area contributed by atoms with Gasteiger partial charge in [0.1, 0.15) is 0 Å². The lowest BCUT2D eigenvalue weighted by Gasteiger charge is -2.17. The number of ether oxygens (including phenoxy) is 1. The van der Waals surface area contributed by atoms with Crippen LogP contribution in [0.2, 0.25) is 5.02 Å². The molecule has 0 aromatic heterocycles. The first kappa shape index (κ1) is 23.4. The van der Waals surface area contributed by atoms with Crippen molar-refractivity contribution in [2.75, 3.05) is 26.2 Å². The molecular formula is C21H35ClN3O2+. The summed E-state index contributed by atoms with van der Waals surface area (Å²) in [6, 6.07) is 7.31. The molecule has 1 amide bonds. The molecule has 1 rings (SSSR count). The van der Waals surface area contributed by atoms with E-state index < -0.39 is 0 Å². The average molecular weight is 397 g/mol. The van der Waals surface area contributed by atoms with Crippen molar-refractivity contribution in [3.8, 4) is 0 Å². The van der Waals surface area contributed by atoms with E-state index in [2.05, 4.69) is 44.9 Å². The second-order valence-electron chi connectivity index (χ2n) is 7.27. The quantitative estimate of drug-likeness (QED) is 0.471. The Balaban J connectivity index is 2.72. The summed E-state index contributed by atoms with van der Waals surface area (Å²) in [5.74, 6) is 0.0388. The molecule has 1 aromatic rings. The van der Waals surface area contributed by atoms with E-state index in [9.17, 15) is 4.79 Å². The molecule has 27 heavy (non-hydrogen) atoms. The van der Waals surface area contributed by atoms with Gasteiger partial charge in [-0.15, -0.1) is 0 Å². The number of carbonyl (C=O) groups excluding carboxylic acids is 1. The maximum atomic E-state index is 12.5. The van der Waals surface area contributed by atoms with Crippen LogP contribution in [0, 0.1) is 5.92 Å². The standard InChI is InChI=1S/C21H34ClN3O2/c1-6-25(7-2)14-10-11-17(5)23-21(27-15-16(3)4)24-20(26)18-12-8-9-13-19(18)22/h8-9,12-13,16-17H,6-7,10-11,14-15H2,1-5H3,(H,23,24,26)/p+1/t17-/m0/s1. The molecular weight excluding hydrogens is 362 g/mol. The van der Waals surface area contributed by atoms with Gasteiger partial charge >= 0.3 is 0 Å². The highest BCUT2D eigenvalue weighted by atomic mass is 35.5. The SMILES string of the molecule is CC[NH+](CC)CCC[C@H](C)N=C(NC(=O)c1ccccc1Cl)OCC(C)C. The van der Waals surface area contributed by atoms with Crippen LogP contribution >= 0.6 is 11.6 Å². The van der Waals surface area contributed by atoms with Gasteiger partial charge in [-0.1, -0.05) is 37.6 Å². The van der Waals surface area contributed by atoms with Crippen LogP contribution < -0.4 is 10.2 Å². The highest BCUT2D eigenvalue weighted by Gasteiger charge is 2.15. The first-order chi connectivity index (χ1) is 12.9. The largest absolute Gasteiger partial charge is 0.465 e. The maximum Gasteiger partial charge on any atom is 0.291 e. The molecule has 0 aliphatic rings. The fraction of sp³-hybridized carbons (Fsp3) is 0.619. The molecule has 0 heterocycles. The summed E-state index contributed by atoms with van der Waals surface area (Å²) in [6.07, 6.45) is 2.05. The lowest BCUT2D eigenvalue weighted by Crippen LogP contribution is -3.11. The van der Waals surface area contributed by atoms with Crippen molar-refractivity contribution in [3.63, 3.8) is 0 Å². The molecule has 0 fully saturated rings. The number of amidine groups is 1. The molecule has 0 aliphatic heterocycles. The molecule has 1 aromatic carbocycles. The molecule has 5 nitrogen and oxygen atoms in total. The monoisotopic (exact) mass is 396 g/mol. The topological polar surface area (TPSA) is 55.1 Å². The fourth-order valence-corrected chi connectivity index (χ4v) is 2.90. The summed E-state index contributed by atoms with van der Waals surface area (Å²) in [4.78, 5) is 18.7. The Morgan fingerprint density at radius 1 is 1.22 bits per heavy atom. The van der Waals surface area contributed by atoms with Crippen LogP contribution in [0.15, 0.2) is 29.3 Å². The minimum Gasteiger partial charge on any atom is -0.465 e. The van der Waals surface area contributed by atoms with Crippen LogP contribution in [-0.2, 0) is 4.74 Å². The van der Waals surface area contributed by atoms with Gasteiger partial charge in [-0.25, -0.2) is 4.99 Å². The van der Waals surface area contributed by atoms with Gasteiger partial charge in [-0.3, -0.25) is 10.1 Å².